The molecule has 0 aromatic heterocycles. The van der Waals surface area contributed by atoms with Gasteiger partial charge >= 0.3 is 5.97 Å². The van der Waals surface area contributed by atoms with Crippen LogP contribution in [0.2, 0.25) is 0 Å². The zero-order valence-electron chi connectivity index (χ0n) is 52.0. The Labute approximate surface area is 513 Å². The highest BCUT2D eigenvalue weighted by Gasteiger charge is 2.80. The zero-order chi connectivity index (χ0) is 59.7. The third kappa shape index (κ3) is 7.63. The van der Waals surface area contributed by atoms with Gasteiger partial charge < -0.3 is 54.7 Å². The number of rotatable bonds is 7. The largest absolute Gasteiger partial charge is 0.507 e. The van der Waals surface area contributed by atoms with E-state index in [9.17, 15) is 45.3 Å². The summed E-state index contributed by atoms with van der Waals surface area (Å²) in [7, 11) is 0. The van der Waals surface area contributed by atoms with Crippen molar-refractivity contribution in [2.45, 2.75) is 268 Å². The van der Waals surface area contributed by atoms with Crippen LogP contribution >= 0.6 is 0 Å². The molecule has 0 radical (unpaired) electrons. The van der Waals surface area contributed by atoms with E-state index in [1.807, 2.05) is 0 Å². The summed E-state index contributed by atoms with van der Waals surface area (Å²) >= 11 is 0. The van der Waals surface area contributed by atoms with Crippen LogP contribution in [0.5, 0.6) is 17.2 Å². The van der Waals surface area contributed by atoms with E-state index in [-0.39, 0.29) is 68.4 Å². The highest BCUT2D eigenvalue weighted by atomic mass is 16.7. The molecule has 17 rings (SSSR count). The summed E-state index contributed by atoms with van der Waals surface area (Å²) in [6, 6.07) is 2.40. The summed E-state index contributed by atoms with van der Waals surface area (Å²) in [5, 5.41) is 84.8. The van der Waals surface area contributed by atoms with Gasteiger partial charge in [-0.05, 0) is 265 Å². The van der Waals surface area contributed by atoms with Gasteiger partial charge in [0.15, 0.2) is 5.78 Å². The molecule has 2 aromatic rings. The summed E-state index contributed by atoms with van der Waals surface area (Å²) in [6.45, 7) is 4.22. The fourth-order valence-corrected chi connectivity index (χ4v) is 27.8. The molecule has 472 valence electrons. The minimum Gasteiger partial charge on any atom is -0.507 e. The first-order valence-electron chi connectivity index (χ1n) is 35.2. The van der Waals surface area contributed by atoms with E-state index in [0.29, 0.717) is 70.7 Å². The second kappa shape index (κ2) is 19.3. The molecule has 2 bridgehead atoms. The molecule has 2 aromatic carbocycles. The lowest BCUT2D eigenvalue weighted by molar-refractivity contribution is -0.339. The summed E-state index contributed by atoms with van der Waals surface area (Å²) in [6.07, 6.45) is 34.1. The highest BCUT2D eigenvalue weighted by molar-refractivity contribution is 6.11. The number of ketones is 1. The summed E-state index contributed by atoms with van der Waals surface area (Å²) in [5.74, 6) is -2.39. The van der Waals surface area contributed by atoms with E-state index < -0.39 is 71.1 Å². The van der Waals surface area contributed by atoms with Crippen molar-refractivity contribution in [2.24, 2.45) is 72.4 Å². The Bertz CT molecular complexity index is 3280. The maximum Gasteiger partial charge on any atom is 0.335 e. The molecule has 4 aliphatic heterocycles. The normalized spacial score (nSPS) is 44.5. The van der Waals surface area contributed by atoms with Gasteiger partial charge in [0.1, 0.15) is 41.2 Å². The van der Waals surface area contributed by atoms with Gasteiger partial charge in [0, 0.05) is 35.0 Å². The Hall–Kier alpha value is -3.56. The standard InChI is InChI=1S/C74H98O13/c1-42-53(43(2)76)58(78)55-47(57(42)77)28-44(63(82)83)29-51(55)85-64-59(79)60(80)74-32-48-49-31-68(38-71(26-24-66(36-71)16-5-6-17-66)73(40-68)39-67(18-7-8-19-67)37-70(73)25-23-65(35-70)14-3-4-15-65)30-45-34-84-41-72(56(45)49,22-11-27-75)50-13-12-46(54(48)50)52(87-74)33-69(20-9-10-21-69)61(81)62(74)86-64/h13,28-29,45,48-49,52,56,59-62,64,75,77-81H,3-12,14-27,30-41H2,1-2H3,(H,82,83)/t45-,48+,49-,52-,56+,59-,60-,61+,62-,64-,68+,70-,71+,72+,73+,74+/m1/s1. The van der Waals surface area contributed by atoms with Crippen LogP contribution in [0.15, 0.2) is 34.9 Å². The number of aromatic carboxylic acids is 1. The second-order valence-electron chi connectivity index (χ2n) is 34.0. The van der Waals surface area contributed by atoms with Crippen molar-refractivity contribution in [1.82, 2.24) is 0 Å². The van der Waals surface area contributed by atoms with Crippen molar-refractivity contribution >= 4 is 22.5 Å². The zero-order valence-corrected chi connectivity index (χ0v) is 52.0. The first kappa shape index (κ1) is 57.3. The van der Waals surface area contributed by atoms with Gasteiger partial charge in [-0.2, -0.15) is 0 Å². The molecule has 4 heterocycles. The van der Waals surface area contributed by atoms with E-state index in [0.717, 1.165) is 45.1 Å². The number of fused-ring (bicyclic) bond motifs is 7. The van der Waals surface area contributed by atoms with Crippen molar-refractivity contribution < 1.29 is 64.3 Å². The predicted octanol–water partition coefficient (Wildman–Crippen LogP) is 13.4. The Morgan fingerprint density at radius 3 is 2.00 bits per heavy atom. The molecule has 13 nitrogen and oxygen atoms in total. The lowest BCUT2D eigenvalue weighted by atomic mass is 9.42. The van der Waals surface area contributed by atoms with Gasteiger partial charge in [-0.15, -0.1) is 0 Å². The topological polar surface area (TPSA) is 213 Å². The van der Waals surface area contributed by atoms with Gasteiger partial charge in [0.2, 0.25) is 6.29 Å². The van der Waals surface area contributed by atoms with Crippen LogP contribution in [0, 0.1) is 79.3 Å². The van der Waals surface area contributed by atoms with Crippen LogP contribution in [0.25, 0.3) is 10.8 Å². The van der Waals surface area contributed by atoms with E-state index in [4.69, 9.17) is 18.9 Å². The third-order valence-corrected chi connectivity index (χ3v) is 30.2. The summed E-state index contributed by atoms with van der Waals surface area (Å²) < 4.78 is 28.9. The number of allylic oxidation sites excluding steroid dienone is 2. The highest BCUT2D eigenvalue weighted by Crippen LogP contribution is 2.89. The fraction of sp³-hybridized carbons (Fsp3) is 0.784. The van der Waals surface area contributed by atoms with Gasteiger partial charge in [-0.25, -0.2) is 4.79 Å². The lowest BCUT2D eigenvalue weighted by Gasteiger charge is -2.64. The number of hydrogen-bond acceptors (Lipinski definition) is 12. The maximum absolute atomic E-state index is 13.7. The molecular weight excluding hydrogens is 1100 g/mol. The Kier molecular flexibility index (Phi) is 12.7. The smallest absolute Gasteiger partial charge is 0.335 e. The van der Waals surface area contributed by atoms with Crippen LogP contribution < -0.4 is 4.74 Å². The van der Waals surface area contributed by atoms with E-state index >= 15 is 0 Å². The molecule has 0 unspecified atom stereocenters. The second-order valence-corrected chi connectivity index (χ2v) is 34.0. The number of aliphatic hydroxyl groups excluding tert-OH is 4. The number of phenols is 2. The maximum atomic E-state index is 13.7. The van der Waals surface area contributed by atoms with Gasteiger partial charge in [0.05, 0.1) is 35.3 Å². The molecule has 87 heavy (non-hydrogen) atoms. The molecule has 15 aliphatic rings. The van der Waals surface area contributed by atoms with Crippen molar-refractivity contribution in [3.63, 3.8) is 0 Å². The molecular formula is C74H98O13. The molecule has 16 atom stereocenters. The Balaban J connectivity index is 0.812. The van der Waals surface area contributed by atoms with Crippen molar-refractivity contribution in [1.29, 1.82) is 0 Å². The summed E-state index contributed by atoms with van der Waals surface area (Å²) in [5.41, 5.74) is 3.57. The Morgan fingerprint density at radius 1 is 0.713 bits per heavy atom. The number of ether oxygens (including phenoxy) is 4. The lowest BCUT2D eigenvalue weighted by Crippen LogP contribution is -2.72. The van der Waals surface area contributed by atoms with Crippen molar-refractivity contribution in [3.05, 3.63) is 51.6 Å². The third-order valence-electron chi connectivity index (χ3n) is 30.2. The number of carbonyl (C=O) groups excluding carboxylic acids is 1. The number of Topliss-reactive ketones (excluding diaryl/α,β-unsaturated/α-hetero) is 1. The van der Waals surface area contributed by atoms with E-state index in [1.54, 1.807) is 0 Å². The van der Waals surface area contributed by atoms with Gasteiger partial charge in [0.25, 0.3) is 0 Å². The van der Waals surface area contributed by atoms with E-state index in [2.05, 4.69) is 6.08 Å². The van der Waals surface area contributed by atoms with Crippen LogP contribution in [0.1, 0.15) is 245 Å². The molecule has 13 heteroatoms. The minimum atomic E-state index is -1.79. The van der Waals surface area contributed by atoms with E-state index in [1.165, 1.54) is 190 Å². The number of carboxylic acid groups (broad SMARTS) is 1. The molecule has 13 fully saturated rings. The quantitative estimate of drug-likeness (QED) is 0.102. The first-order chi connectivity index (χ1) is 41.7. The number of carboxylic acids is 1. The molecule has 9 spiro atoms. The first-order valence-corrected chi connectivity index (χ1v) is 35.2. The Morgan fingerprint density at radius 2 is 1.34 bits per heavy atom. The minimum absolute atomic E-state index is 0.0674. The van der Waals surface area contributed by atoms with Crippen molar-refractivity contribution in [3.8, 4) is 17.2 Å². The monoisotopic (exact) mass is 1190 g/mol. The molecule has 10 saturated carbocycles. The van der Waals surface area contributed by atoms with Crippen molar-refractivity contribution in [2.75, 3.05) is 19.8 Å². The number of hydrogen-bond donors (Lipinski definition) is 7. The number of aliphatic hydroxyl groups is 4. The van der Waals surface area contributed by atoms with Crippen LogP contribution in [0.4, 0.5) is 0 Å². The molecule has 3 saturated heterocycles. The van der Waals surface area contributed by atoms with Gasteiger partial charge in [-0.3, -0.25) is 4.79 Å². The van der Waals surface area contributed by atoms with Crippen LogP contribution in [-0.4, -0.2) is 110 Å². The fourth-order valence-electron chi connectivity index (χ4n) is 27.8. The van der Waals surface area contributed by atoms with Gasteiger partial charge in [-0.1, -0.05) is 57.4 Å². The number of phenolic OH excluding ortho intramolecular Hbond substituents is 2. The van der Waals surface area contributed by atoms with Crippen LogP contribution in [-0.2, 0) is 14.2 Å². The molecule has 11 aliphatic carbocycles. The number of carbonyl (C=O) groups is 2. The average Bonchev–Trinajstić information content (AvgIpc) is 1.50. The average molecular weight is 1200 g/mol. The number of benzene rings is 2. The number of aromatic hydroxyl groups is 2. The predicted molar refractivity (Wildman–Crippen MR) is 325 cm³/mol. The van der Waals surface area contributed by atoms with Crippen LogP contribution in [0.3, 0.4) is 0 Å². The summed E-state index contributed by atoms with van der Waals surface area (Å²) in [4.78, 5) is 25.9. The molecule has 7 N–H and O–H groups in total. The molecule has 0 amide bonds. The SMILES string of the molecule is CC(=O)c1c(C)c(O)c2cc(C(=O)O)cc(O[C@@H]3O[C@@H]4[C@H](O)C5(CCCC5)C[C@H]5O[C@@]4(C[C@@H]4C6=C5CC=C6[C@]5(CCCO)COC[C@H]6C[C@]7(C[C@H]4[C@H]65)C[C@@]4(CCC5(CCCC5)C4)[C@@]4(CC5(CCCC5)C[C@]45CCC4(CCCC4)C5)C7)[C@H](O)[C@H]3O)c2c1O.